The monoisotopic (exact) mass is 229 g/mol. The number of rotatable bonds is 3. The SMILES string of the molecule is COCCC(=O)N1CCC2(CC1)OCCO2. The Balaban J connectivity index is 1.78. The van der Waals surface area contributed by atoms with Gasteiger partial charge < -0.3 is 19.1 Å². The Morgan fingerprint density at radius 2 is 1.94 bits per heavy atom. The summed E-state index contributed by atoms with van der Waals surface area (Å²) in [6.45, 7) is 3.30. The molecule has 2 fully saturated rings. The van der Waals surface area contributed by atoms with Crippen molar-refractivity contribution in [3.63, 3.8) is 0 Å². The highest BCUT2D eigenvalue weighted by atomic mass is 16.7. The summed E-state index contributed by atoms with van der Waals surface area (Å²) < 4.78 is 16.1. The molecule has 5 nitrogen and oxygen atoms in total. The quantitative estimate of drug-likeness (QED) is 0.702. The molecule has 0 aromatic rings. The van der Waals surface area contributed by atoms with Crippen LogP contribution < -0.4 is 0 Å². The molecule has 0 unspecified atom stereocenters. The van der Waals surface area contributed by atoms with Crippen LogP contribution in [0.1, 0.15) is 19.3 Å². The topological polar surface area (TPSA) is 48.0 Å². The third-order valence-corrected chi connectivity index (χ3v) is 3.21. The predicted molar refractivity (Wildman–Crippen MR) is 56.9 cm³/mol. The number of hydrogen-bond donors (Lipinski definition) is 0. The molecule has 2 rings (SSSR count). The second kappa shape index (κ2) is 5.12. The number of nitrogens with zero attached hydrogens (tertiary/aromatic N) is 1. The van der Waals surface area contributed by atoms with E-state index in [1.165, 1.54) is 0 Å². The Bertz CT molecular complexity index is 240. The molecule has 1 spiro atoms. The van der Waals surface area contributed by atoms with Crippen LogP contribution in [0.2, 0.25) is 0 Å². The van der Waals surface area contributed by atoms with E-state index in [0.717, 1.165) is 25.9 Å². The summed E-state index contributed by atoms with van der Waals surface area (Å²) in [6, 6.07) is 0. The fraction of sp³-hybridized carbons (Fsp3) is 0.909. The number of amides is 1. The molecule has 0 N–H and O–H groups in total. The van der Waals surface area contributed by atoms with Gasteiger partial charge in [0.05, 0.1) is 26.2 Å². The minimum absolute atomic E-state index is 0.162. The maximum atomic E-state index is 11.7. The van der Waals surface area contributed by atoms with Gasteiger partial charge in [-0.15, -0.1) is 0 Å². The lowest BCUT2D eigenvalue weighted by atomic mass is 10.0. The van der Waals surface area contributed by atoms with Gasteiger partial charge in [-0.1, -0.05) is 0 Å². The summed E-state index contributed by atoms with van der Waals surface area (Å²) >= 11 is 0. The van der Waals surface area contributed by atoms with Crippen LogP contribution in [-0.2, 0) is 19.0 Å². The Labute approximate surface area is 95.6 Å². The third kappa shape index (κ3) is 2.53. The molecule has 0 saturated carbocycles. The molecule has 92 valence electrons. The fourth-order valence-corrected chi connectivity index (χ4v) is 2.23. The molecule has 2 heterocycles. The molecule has 2 saturated heterocycles. The van der Waals surface area contributed by atoms with Crippen molar-refractivity contribution in [1.29, 1.82) is 0 Å². The lowest BCUT2D eigenvalue weighted by Crippen LogP contribution is -2.47. The van der Waals surface area contributed by atoms with E-state index in [4.69, 9.17) is 14.2 Å². The third-order valence-electron chi connectivity index (χ3n) is 3.21. The van der Waals surface area contributed by atoms with Gasteiger partial charge in [0.15, 0.2) is 5.79 Å². The average molecular weight is 229 g/mol. The summed E-state index contributed by atoms with van der Waals surface area (Å²) in [5.74, 6) is -0.229. The van der Waals surface area contributed by atoms with E-state index in [1.54, 1.807) is 7.11 Å². The van der Waals surface area contributed by atoms with Crippen molar-refractivity contribution in [1.82, 2.24) is 4.90 Å². The van der Waals surface area contributed by atoms with Crippen molar-refractivity contribution in [3.05, 3.63) is 0 Å². The van der Waals surface area contributed by atoms with Crippen molar-refractivity contribution in [3.8, 4) is 0 Å². The number of hydrogen-bond acceptors (Lipinski definition) is 4. The Morgan fingerprint density at radius 1 is 1.31 bits per heavy atom. The van der Waals surface area contributed by atoms with E-state index in [0.29, 0.717) is 26.2 Å². The lowest BCUT2D eigenvalue weighted by molar-refractivity contribution is -0.187. The largest absolute Gasteiger partial charge is 0.384 e. The van der Waals surface area contributed by atoms with E-state index < -0.39 is 5.79 Å². The second-order valence-electron chi connectivity index (χ2n) is 4.23. The summed E-state index contributed by atoms with van der Waals surface area (Å²) in [4.78, 5) is 13.6. The molecule has 16 heavy (non-hydrogen) atoms. The van der Waals surface area contributed by atoms with Crippen LogP contribution >= 0.6 is 0 Å². The maximum Gasteiger partial charge on any atom is 0.224 e. The number of carbonyl (C=O) groups excluding carboxylic acids is 1. The first-order valence-corrected chi connectivity index (χ1v) is 5.80. The molecule has 0 aromatic carbocycles. The molecule has 5 heteroatoms. The van der Waals surface area contributed by atoms with Gasteiger partial charge in [0.1, 0.15) is 0 Å². The Hall–Kier alpha value is -0.650. The average Bonchev–Trinajstić information content (AvgIpc) is 2.75. The highest BCUT2D eigenvalue weighted by Gasteiger charge is 2.40. The first-order chi connectivity index (χ1) is 7.76. The highest BCUT2D eigenvalue weighted by molar-refractivity contribution is 5.76. The number of likely N-dealkylation sites (tertiary alicyclic amines) is 1. The lowest BCUT2D eigenvalue weighted by Gasteiger charge is -2.37. The van der Waals surface area contributed by atoms with Gasteiger partial charge in [-0.05, 0) is 0 Å². The van der Waals surface area contributed by atoms with E-state index >= 15 is 0 Å². The van der Waals surface area contributed by atoms with Crippen molar-refractivity contribution >= 4 is 5.91 Å². The van der Waals surface area contributed by atoms with Gasteiger partial charge in [-0.2, -0.15) is 0 Å². The standard InChI is InChI=1S/C11H19NO4/c1-14-7-2-10(13)12-5-3-11(4-6-12)15-8-9-16-11/h2-9H2,1H3. The minimum Gasteiger partial charge on any atom is -0.384 e. The van der Waals surface area contributed by atoms with Crippen molar-refractivity contribution in [2.45, 2.75) is 25.0 Å². The number of carbonyl (C=O) groups is 1. The first kappa shape index (κ1) is 11.8. The van der Waals surface area contributed by atoms with Gasteiger partial charge in [0.2, 0.25) is 5.91 Å². The number of methoxy groups -OCH3 is 1. The van der Waals surface area contributed by atoms with Crippen molar-refractivity contribution in [2.75, 3.05) is 40.0 Å². The van der Waals surface area contributed by atoms with E-state index in [-0.39, 0.29) is 5.91 Å². The van der Waals surface area contributed by atoms with Gasteiger partial charge >= 0.3 is 0 Å². The molecule has 0 bridgehead atoms. The number of piperidine rings is 1. The molecule has 0 radical (unpaired) electrons. The highest BCUT2D eigenvalue weighted by Crippen LogP contribution is 2.31. The van der Waals surface area contributed by atoms with Crippen molar-refractivity contribution < 1.29 is 19.0 Å². The van der Waals surface area contributed by atoms with Crippen LogP contribution in [0, 0.1) is 0 Å². The molecule has 0 aromatic heterocycles. The molecule has 0 atom stereocenters. The van der Waals surface area contributed by atoms with E-state index in [2.05, 4.69) is 0 Å². The van der Waals surface area contributed by atoms with Crippen LogP contribution in [0.25, 0.3) is 0 Å². The van der Waals surface area contributed by atoms with Gasteiger partial charge in [-0.3, -0.25) is 4.79 Å². The van der Waals surface area contributed by atoms with Crippen LogP contribution in [-0.4, -0.2) is 56.6 Å². The van der Waals surface area contributed by atoms with Crippen LogP contribution in [0.3, 0.4) is 0 Å². The van der Waals surface area contributed by atoms with Crippen LogP contribution in [0.15, 0.2) is 0 Å². The first-order valence-electron chi connectivity index (χ1n) is 5.80. The molecule has 1 amide bonds. The summed E-state index contributed by atoms with van der Waals surface area (Å²) in [5, 5.41) is 0. The van der Waals surface area contributed by atoms with Gasteiger partial charge in [-0.25, -0.2) is 0 Å². The minimum atomic E-state index is -0.391. The molecule has 2 aliphatic rings. The zero-order valence-corrected chi connectivity index (χ0v) is 9.74. The Kier molecular flexibility index (Phi) is 3.78. The molecule has 0 aliphatic carbocycles. The number of ether oxygens (including phenoxy) is 3. The molecular formula is C11H19NO4. The zero-order valence-electron chi connectivity index (χ0n) is 9.74. The van der Waals surface area contributed by atoms with Gasteiger partial charge in [0.25, 0.3) is 0 Å². The normalized spacial score (nSPS) is 23.9. The summed E-state index contributed by atoms with van der Waals surface area (Å²) in [7, 11) is 1.61. The smallest absolute Gasteiger partial charge is 0.224 e. The van der Waals surface area contributed by atoms with Crippen LogP contribution in [0.4, 0.5) is 0 Å². The van der Waals surface area contributed by atoms with E-state index in [9.17, 15) is 4.79 Å². The second-order valence-corrected chi connectivity index (χ2v) is 4.23. The van der Waals surface area contributed by atoms with Crippen LogP contribution in [0.5, 0.6) is 0 Å². The predicted octanol–water partition coefficient (Wildman–Crippen LogP) is 0.388. The molecule has 2 aliphatic heterocycles. The molecular weight excluding hydrogens is 210 g/mol. The van der Waals surface area contributed by atoms with E-state index in [1.807, 2.05) is 4.90 Å². The van der Waals surface area contributed by atoms with Crippen molar-refractivity contribution in [2.24, 2.45) is 0 Å². The zero-order chi connectivity index (χ0) is 11.4. The fourth-order valence-electron chi connectivity index (χ4n) is 2.23. The Morgan fingerprint density at radius 3 is 2.50 bits per heavy atom. The summed E-state index contributed by atoms with van der Waals surface area (Å²) in [5.41, 5.74) is 0. The maximum absolute atomic E-state index is 11.7. The summed E-state index contributed by atoms with van der Waals surface area (Å²) in [6.07, 6.45) is 2.03. The van der Waals surface area contributed by atoms with Gasteiger partial charge in [0, 0.05) is 33.0 Å².